The van der Waals surface area contributed by atoms with Crippen LogP contribution in [0.25, 0.3) is 0 Å². The molecule has 2 N–H and O–H groups in total. The highest BCUT2D eigenvalue weighted by Gasteiger charge is 2.27. The first-order chi connectivity index (χ1) is 12.3. The van der Waals surface area contributed by atoms with Crippen LogP contribution in [-0.4, -0.2) is 46.7 Å². The van der Waals surface area contributed by atoms with Crippen LogP contribution in [0.4, 0.5) is 5.69 Å². The third-order valence-electron chi connectivity index (χ3n) is 4.83. The molecule has 0 amide bonds. The van der Waals surface area contributed by atoms with E-state index in [1.165, 1.54) is 4.57 Å². The molecule has 1 aromatic heterocycles. The van der Waals surface area contributed by atoms with Crippen LogP contribution >= 0.6 is 15.9 Å². The van der Waals surface area contributed by atoms with Crippen molar-refractivity contribution in [2.45, 2.75) is 18.4 Å². The Hall–Kier alpha value is -2.12. The smallest absolute Gasteiger partial charge is 0.335 e. The van der Waals surface area contributed by atoms with Crippen LogP contribution in [0.1, 0.15) is 28.3 Å². The van der Waals surface area contributed by atoms with Crippen molar-refractivity contribution in [3.63, 3.8) is 0 Å². The summed E-state index contributed by atoms with van der Waals surface area (Å²) in [5.41, 5.74) is 2.17. The lowest BCUT2D eigenvalue weighted by molar-refractivity contribution is 0.0697. The van der Waals surface area contributed by atoms with Gasteiger partial charge in [-0.15, -0.1) is 0 Å². The maximum Gasteiger partial charge on any atom is 0.335 e. The molecular weight excluding hydrogens is 398 g/mol. The fraction of sp³-hybridized carbons (Fsp3) is 0.368. The number of pyridine rings is 1. The van der Waals surface area contributed by atoms with Crippen molar-refractivity contribution in [2.24, 2.45) is 7.05 Å². The van der Waals surface area contributed by atoms with Crippen LogP contribution in [0, 0.1) is 0 Å². The average Bonchev–Trinajstić information content (AvgIpc) is 2.62. The maximum atomic E-state index is 12.1. The summed E-state index contributed by atoms with van der Waals surface area (Å²) in [7, 11) is 3.80. The van der Waals surface area contributed by atoms with Gasteiger partial charge in [-0.2, -0.15) is 0 Å². The Morgan fingerprint density at radius 1 is 1.19 bits per heavy atom. The molecule has 7 heteroatoms. The van der Waals surface area contributed by atoms with Crippen molar-refractivity contribution < 1.29 is 9.90 Å². The minimum atomic E-state index is -0.910. The number of anilines is 1. The summed E-state index contributed by atoms with van der Waals surface area (Å²) < 4.78 is 2.08. The standard InChI is InChI=1S/C19H22BrN3O3/c1-22-10-14(12-3-5-13(6-4-12)19(25)26)9-15(11-22)21-16-7-8-23(2)18(24)17(16)20/h3-8,14-15,21H,9-11H2,1-2H3,(H,25,26)/t14-,15+/m0/s1. The molecule has 2 aromatic rings. The first-order valence-corrected chi connectivity index (χ1v) is 9.28. The number of halogens is 1. The molecule has 0 aliphatic carbocycles. The first kappa shape index (κ1) is 18.7. The van der Waals surface area contributed by atoms with E-state index in [9.17, 15) is 9.59 Å². The van der Waals surface area contributed by atoms with Crippen molar-refractivity contribution >= 4 is 27.6 Å². The predicted molar refractivity (Wildman–Crippen MR) is 105 cm³/mol. The second-order valence-electron chi connectivity index (χ2n) is 6.88. The molecule has 2 heterocycles. The zero-order valence-corrected chi connectivity index (χ0v) is 16.4. The average molecular weight is 420 g/mol. The fourth-order valence-corrected chi connectivity index (χ4v) is 4.02. The number of hydrogen-bond acceptors (Lipinski definition) is 4. The first-order valence-electron chi connectivity index (χ1n) is 8.48. The van der Waals surface area contributed by atoms with Crippen LogP contribution in [0.3, 0.4) is 0 Å². The fourth-order valence-electron chi connectivity index (χ4n) is 3.49. The number of aryl methyl sites for hydroxylation is 1. The van der Waals surface area contributed by atoms with Gasteiger partial charge in [0.1, 0.15) is 4.47 Å². The number of carboxylic acid groups (broad SMARTS) is 1. The molecule has 2 atom stereocenters. The Bertz CT molecular complexity index is 863. The minimum Gasteiger partial charge on any atom is -0.478 e. The number of nitrogens with one attached hydrogen (secondary N) is 1. The molecule has 1 aliphatic rings. The molecule has 0 radical (unpaired) electrons. The van der Waals surface area contributed by atoms with Crippen LogP contribution < -0.4 is 10.9 Å². The highest BCUT2D eigenvalue weighted by Crippen LogP contribution is 2.29. The van der Waals surface area contributed by atoms with Gasteiger partial charge in [-0.1, -0.05) is 12.1 Å². The molecule has 0 unspecified atom stereocenters. The largest absolute Gasteiger partial charge is 0.478 e. The second kappa shape index (κ2) is 7.63. The summed E-state index contributed by atoms with van der Waals surface area (Å²) in [6.07, 6.45) is 2.67. The van der Waals surface area contributed by atoms with Gasteiger partial charge >= 0.3 is 5.97 Å². The molecule has 3 rings (SSSR count). The Kier molecular flexibility index (Phi) is 5.48. The zero-order valence-electron chi connectivity index (χ0n) is 14.8. The SMILES string of the molecule is CN1C[C@H](Nc2ccn(C)c(=O)c2Br)C[C@H](c2ccc(C(=O)O)cc2)C1. The number of carbonyl (C=O) groups is 1. The van der Waals surface area contributed by atoms with E-state index in [0.29, 0.717) is 16.0 Å². The summed E-state index contributed by atoms with van der Waals surface area (Å²) in [4.78, 5) is 25.4. The number of likely N-dealkylation sites (N-methyl/N-ethyl adjacent to an activating group) is 1. The van der Waals surface area contributed by atoms with E-state index in [4.69, 9.17) is 5.11 Å². The lowest BCUT2D eigenvalue weighted by Crippen LogP contribution is -2.43. The van der Waals surface area contributed by atoms with Crippen LogP contribution in [0.15, 0.2) is 45.8 Å². The van der Waals surface area contributed by atoms with Crippen molar-refractivity contribution in [1.82, 2.24) is 9.47 Å². The van der Waals surface area contributed by atoms with Crippen molar-refractivity contribution in [3.05, 3.63) is 62.5 Å². The lowest BCUT2D eigenvalue weighted by Gasteiger charge is -2.37. The van der Waals surface area contributed by atoms with Gasteiger partial charge in [0.05, 0.1) is 11.3 Å². The van der Waals surface area contributed by atoms with Crippen molar-refractivity contribution in [2.75, 3.05) is 25.5 Å². The number of aromatic nitrogens is 1. The monoisotopic (exact) mass is 419 g/mol. The third-order valence-corrected chi connectivity index (χ3v) is 5.60. The molecular formula is C19H22BrN3O3. The molecule has 0 spiro atoms. The zero-order chi connectivity index (χ0) is 18.8. The van der Waals surface area contributed by atoms with Gasteiger partial charge in [0.2, 0.25) is 0 Å². The van der Waals surface area contributed by atoms with E-state index in [-0.39, 0.29) is 11.6 Å². The Morgan fingerprint density at radius 3 is 2.54 bits per heavy atom. The molecule has 1 saturated heterocycles. The Labute approximate surface area is 160 Å². The quantitative estimate of drug-likeness (QED) is 0.796. The third kappa shape index (κ3) is 3.99. The van der Waals surface area contributed by atoms with Gasteiger partial charge in [-0.3, -0.25) is 4.79 Å². The Morgan fingerprint density at radius 2 is 1.88 bits per heavy atom. The highest BCUT2D eigenvalue weighted by molar-refractivity contribution is 9.10. The summed E-state index contributed by atoms with van der Waals surface area (Å²) in [6, 6.07) is 9.22. The van der Waals surface area contributed by atoms with Gasteiger partial charge in [-0.05, 0) is 59.1 Å². The van der Waals surface area contributed by atoms with E-state index in [1.807, 2.05) is 18.2 Å². The van der Waals surface area contributed by atoms with E-state index in [2.05, 4.69) is 33.2 Å². The molecule has 1 fully saturated rings. The van der Waals surface area contributed by atoms with Gasteiger partial charge < -0.3 is 19.9 Å². The van der Waals surface area contributed by atoms with E-state index < -0.39 is 5.97 Å². The van der Waals surface area contributed by atoms with Gasteiger partial charge in [-0.25, -0.2) is 4.79 Å². The summed E-state index contributed by atoms with van der Waals surface area (Å²) in [5.74, 6) is -0.605. The van der Waals surface area contributed by atoms with E-state index >= 15 is 0 Å². The van der Waals surface area contributed by atoms with Crippen molar-refractivity contribution in [1.29, 1.82) is 0 Å². The normalized spacial score (nSPS) is 20.7. The highest BCUT2D eigenvalue weighted by atomic mass is 79.9. The van der Waals surface area contributed by atoms with Gasteiger partial charge in [0.25, 0.3) is 5.56 Å². The predicted octanol–water partition coefficient (Wildman–Crippen LogP) is 2.75. The summed E-state index contributed by atoms with van der Waals surface area (Å²) in [6.45, 7) is 1.80. The minimum absolute atomic E-state index is 0.0695. The number of aromatic carboxylic acids is 1. The van der Waals surface area contributed by atoms with Gasteiger partial charge in [0, 0.05) is 32.4 Å². The molecule has 6 nitrogen and oxygen atoms in total. The number of benzene rings is 1. The summed E-state index contributed by atoms with van der Waals surface area (Å²) >= 11 is 3.39. The molecule has 1 aliphatic heterocycles. The van der Waals surface area contributed by atoms with Crippen molar-refractivity contribution in [3.8, 4) is 0 Å². The van der Waals surface area contributed by atoms with Crippen LogP contribution in [0.5, 0.6) is 0 Å². The maximum absolute atomic E-state index is 12.1. The number of carboxylic acids is 1. The topological polar surface area (TPSA) is 74.6 Å². The lowest BCUT2D eigenvalue weighted by atomic mass is 9.87. The second-order valence-corrected chi connectivity index (χ2v) is 7.67. The number of hydrogen-bond donors (Lipinski definition) is 2. The van der Waals surface area contributed by atoms with Gasteiger partial charge in [0.15, 0.2) is 0 Å². The number of piperidine rings is 1. The van der Waals surface area contributed by atoms with Crippen LogP contribution in [-0.2, 0) is 7.05 Å². The molecule has 1 aromatic carbocycles. The Balaban J connectivity index is 1.77. The summed E-state index contributed by atoms with van der Waals surface area (Å²) in [5, 5.41) is 12.5. The molecule has 26 heavy (non-hydrogen) atoms. The molecule has 0 saturated carbocycles. The number of rotatable bonds is 4. The molecule has 0 bridgehead atoms. The van der Waals surface area contributed by atoms with Crippen LogP contribution in [0.2, 0.25) is 0 Å². The number of nitrogens with zero attached hydrogens (tertiary/aromatic N) is 2. The molecule has 138 valence electrons. The number of likely N-dealkylation sites (tertiary alicyclic amines) is 1. The van der Waals surface area contributed by atoms with E-state index in [0.717, 1.165) is 30.8 Å². The van der Waals surface area contributed by atoms with E-state index in [1.54, 1.807) is 25.4 Å².